The maximum atomic E-state index is 8.76. The van der Waals surface area contributed by atoms with Gasteiger partial charge < -0.3 is 5.11 Å². The van der Waals surface area contributed by atoms with E-state index >= 15 is 0 Å². The Kier molecular flexibility index (Phi) is 5.72. The lowest BCUT2D eigenvalue weighted by Gasteiger charge is -1.89. The van der Waals surface area contributed by atoms with Crippen molar-refractivity contribution in [3.8, 4) is 5.75 Å². The summed E-state index contributed by atoms with van der Waals surface area (Å²) >= 11 is 0. The first-order valence-corrected chi connectivity index (χ1v) is 2.54. The highest BCUT2D eigenvalue weighted by Gasteiger charge is 1.82. The van der Waals surface area contributed by atoms with Gasteiger partial charge in [0.15, 0.2) is 0 Å². The van der Waals surface area contributed by atoms with Crippen molar-refractivity contribution < 1.29 is 5.11 Å². The number of benzene rings is 1. The first-order chi connectivity index (χ1) is 3.79. The molecule has 1 aromatic carbocycles. The van der Waals surface area contributed by atoms with E-state index in [4.69, 9.17) is 5.11 Å². The third-order valence-corrected chi connectivity index (χ3v) is 1.03. The molecule has 1 rings (SSSR count). The molecule has 0 bridgehead atoms. The summed E-state index contributed by atoms with van der Waals surface area (Å²) in [6.07, 6.45) is 0. The van der Waals surface area contributed by atoms with Crippen LogP contribution in [0.15, 0.2) is 24.3 Å². The number of phenols is 1. The molecule has 0 saturated heterocycles. The van der Waals surface area contributed by atoms with Crippen molar-refractivity contribution in [1.82, 2.24) is 0 Å². The molecule has 0 aromatic heterocycles. The fourth-order valence-electron chi connectivity index (χ4n) is 0.545. The van der Waals surface area contributed by atoms with Gasteiger partial charge in [-0.05, 0) is 19.1 Å². The molecule has 1 nitrogen and oxygen atoms in total. The maximum Gasteiger partial charge on any atom is 0.115 e. The topological polar surface area (TPSA) is 20.2 Å². The van der Waals surface area contributed by atoms with Crippen LogP contribution in [0.5, 0.6) is 5.75 Å². The van der Waals surface area contributed by atoms with Gasteiger partial charge in [0.2, 0.25) is 0 Å². The van der Waals surface area contributed by atoms with Crippen LogP contribution in [0.25, 0.3) is 0 Å². The minimum absolute atomic E-state index is 0. The van der Waals surface area contributed by atoms with Gasteiger partial charge in [0, 0.05) is 0 Å². The second-order valence-electron chi connectivity index (χ2n) is 1.84. The third kappa shape index (κ3) is 3.13. The summed E-state index contributed by atoms with van der Waals surface area (Å²) in [5.74, 6) is 0.329. The lowest BCUT2D eigenvalue weighted by molar-refractivity contribution is 0.475. The SMILES string of the molecule is C.C.Cc1ccc(O)cc1. The standard InChI is InChI=1S/C7H8O.2CH4/c1-6-2-4-7(8)5-3-6;;/h2-5,8H,1H3;2*1H4. The molecule has 10 heavy (non-hydrogen) atoms. The lowest BCUT2D eigenvalue weighted by atomic mass is 10.2. The Morgan fingerprint density at radius 1 is 1.00 bits per heavy atom. The van der Waals surface area contributed by atoms with E-state index in [0.717, 1.165) is 0 Å². The van der Waals surface area contributed by atoms with Gasteiger partial charge in [-0.25, -0.2) is 0 Å². The van der Waals surface area contributed by atoms with Crippen molar-refractivity contribution in [3.05, 3.63) is 29.8 Å². The molecular formula is C9H16O. The van der Waals surface area contributed by atoms with Crippen molar-refractivity contribution >= 4 is 0 Å². The molecule has 0 amide bonds. The van der Waals surface area contributed by atoms with E-state index in [2.05, 4.69) is 0 Å². The average molecular weight is 140 g/mol. The number of hydrogen-bond donors (Lipinski definition) is 1. The fraction of sp³-hybridized carbons (Fsp3) is 0.333. The average Bonchev–Trinajstić information content (AvgIpc) is 1.77. The van der Waals surface area contributed by atoms with Crippen molar-refractivity contribution in [3.63, 3.8) is 0 Å². The predicted molar refractivity (Wildman–Crippen MR) is 46.3 cm³/mol. The molecule has 0 spiro atoms. The van der Waals surface area contributed by atoms with E-state index < -0.39 is 0 Å². The zero-order valence-electron chi connectivity index (χ0n) is 4.76. The molecule has 1 heteroatoms. The quantitative estimate of drug-likeness (QED) is 0.587. The molecule has 0 atom stereocenters. The smallest absolute Gasteiger partial charge is 0.115 e. The zero-order valence-corrected chi connectivity index (χ0v) is 4.76. The van der Waals surface area contributed by atoms with Gasteiger partial charge in [-0.1, -0.05) is 32.5 Å². The van der Waals surface area contributed by atoms with Gasteiger partial charge >= 0.3 is 0 Å². The van der Waals surface area contributed by atoms with E-state index in [1.54, 1.807) is 12.1 Å². The number of aromatic hydroxyl groups is 1. The zero-order chi connectivity index (χ0) is 5.98. The number of rotatable bonds is 0. The Morgan fingerprint density at radius 2 is 1.40 bits per heavy atom. The Balaban J connectivity index is 0. The van der Waals surface area contributed by atoms with Crippen molar-refractivity contribution in [2.75, 3.05) is 0 Å². The van der Waals surface area contributed by atoms with Crippen LogP contribution in [0.3, 0.4) is 0 Å². The van der Waals surface area contributed by atoms with Crippen LogP contribution >= 0.6 is 0 Å². The first-order valence-electron chi connectivity index (χ1n) is 2.54. The molecule has 0 aliphatic heterocycles. The van der Waals surface area contributed by atoms with Crippen molar-refractivity contribution in [2.45, 2.75) is 21.8 Å². The molecule has 0 saturated carbocycles. The Bertz CT molecular complexity index is 144. The Hall–Kier alpha value is -0.980. The summed E-state index contributed by atoms with van der Waals surface area (Å²) in [5, 5.41) is 8.76. The second-order valence-corrected chi connectivity index (χ2v) is 1.84. The van der Waals surface area contributed by atoms with Crippen LogP contribution in [0.1, 0.15) is 20.4 Å². The van der Waals surface area contributed by atoms with Gasteiger partial charge in [0.05, 0.1) is 0 Å². The largest absolute Gasteiger partial charge is 0.508 e. The minimum Gasteiger partial charge on any atom is -0.508 e. The van der Waals surface area contributed by atoms with Crippen LogP contribution in [-0.4, -0.2) is 5.11 Å². The van der Waals surface area contributed by atoms with Crippen LogP contribution in [-0.2, 0) is 0 Å². The van der Waals surface area contributed by atoms with Gasteiger partial charge in [-0.2, -0.15) is 0 Å². The van der Waals surface area contributed by atoms with Crippen LogP contribution in [0.2, 0.25) is 0 Å². The monoisotopic (exact) mass is 140 g/mol. The summed E-state index contributed by atoms with van der Waals surface area (Å²) < 4.78 is 0. The van der Waals surface area contributed by atoms with Gasteiger partial charge in [-0.3, -0.25) is 0 Å². The highest BCUT2D eigenvalue weighted by Crippen LogP contribution is 2.07. The summed E-state index contributed by atoms with van der Waals surface area (Å²) in [6, 6.07) is 7.09. The van der Waals surface area contributed by atoms with Crippen molar-refractivity contribution in [1.29, 1.82) is 0 Å². The highest BCUT2D eigenvalue weighted by molar-refractivity contribution is 5.24. The Labute approximate surface area is 63.3 Å². The van der Waals surface area contributed by atoms with Gasteiger partial charge in [-0.15, -0.1) is 0 Å². The molecule has 0 fully saturated rings. The highest BCUT2D eigenvalue weighted by atomic mass is 16.3. The summed E-state index contributed by atoms with van der Waals surface area (Å²) in [7, 11) is 0. The lowest BCUT2D eigenvalue weighted by Crippen LogP contribution is -1.66. The number of hydrogen-bond acceptors (Lipinski definition) is 1. The van der Waals surface area contributed by atoms with E-state index in [-0.39, 0.29) is 14.9 Å². The van der Waals surface area contributed by atoms with E-state index in [1.807, 2.05) is 19.1 Å². The molecule has 1 aromatic rings. The van der Waals surface area contributed by atoms with Crippen molar-refractivity contribution in [2.24, 2.45) is 0 Å². The van der Waals surface area contributed by atoms with E-state index in [1.165, 1.54) is 5.56 Å². The van der Waals surface area contributed by atoms with Gasteiger partial charge in [0.25, 0.3) is 0 Å². The van der Waals surface area contributed by atoms with E-state index in [9.17, 15) is 0 Å². The van der Waals surface area contributed by atoms with E-state index in [0.29, 0.717) is 5.75 Å². The summed E-state index contributed by atoms with van der Waals surface area (Å²) in [4.78, 5) is 0. The molecule has 0 unspecified atom stereocenters. The fourth-order valence-corrected chi connectivity index (χ4v) is 0.545. The molecule has 58 valence electrons. The molecule has 0 aliphatic carbocycles. The molecule has 1 N–H and O–H groups in total. The summed E-state index contributed by atoms with van der Waals surface area (Å²) in [6.45, 7) is 1.99. The number of phenolic OH excluding ortho intramolecular Hbond substituents is 1. The molecular weight excluding hydrogens is 124 g/mol. The second kappa shape index (κ2) is 4.86. The summed E-state index contributed by atoms with van der Waals surface area (Å²) in [5.41, 5.74) is 1.17. The minimum atomic E-state index is 0. The third-order valence-electron chi connectivity index (χ3n) is 1.03. The first kappa shape index (κ1) is 11.8. The van der Waals surface area contributed by atoms with Crippen LogP contribution in [0.4, 0.5) is 0 Å². The molecule has 0 heterocycles. The maximum absolute atomic E-state index is 8.76. The molecule has 0 radical (unpaired) electrons. The normalized spacial score (nSPS) is 7.30. The Morgan fingerprint density at radius 3 is 1.70 bits per heavy atom. The molecule has 0 aliphatic rings. The predicted octanol–water partition coefficient (Wildman–Crippen LogP) is 2.97. The number of aryl methyl sites for hydroxylation is 1. The van der Waals surface area contributed by atoms with Crippen LogP contribution in [0, 0.1) is 6.92 Å². The van der Waals surface area contributed by atoms with Gasteiger partial charge in [0.1, 0.15) is 5.75 Å². The van der Waals surface area contributed by atoms with Crippen LogP contribution < -0.4 is 0 Å².